The number of amides is 1. The minimum atomic E-state index is -0.541. The first-order valence-corrected chi connectivity index (χ1v) is 9.42. The molecule has 0 aliphatic carbocycles. The smallest absolute Gasteiger partial charge is 0.414 e. The average Bonchev–Trinajstić information content (AvgIpc) is 3.25. The highest BCUT2D eigenvalue weighted by Crippen LogP contribution is 2.40. The van der Waals surface area contributed by atoms with E-state index in [9.17, 15) is 14.0 Å². The number of carbonyl (C=O) groups excluding carboxylic acids is 2. The molecule has 144 valence electrons. The van der Waals surface area contributed by atoms with Gasteiger partial charge in [-0.3, -0.25) is 4.90 Å². The summed E-state index contributed by atoms with van der Waals surface area (Å²) in [6.45, 7) is 2.63. The summed E-state index contributed by atoms with van der Waals surface area (Å²) in [5.41, 5.74) is 1.77. The van der Waals surface area contributed by atoms with Gasteiger partial charge in [0.15, 0.2) is 0 Å². The van der Waals surface area contributed by atoms with E-state index in [1.807, 2.05) is 0 Å². The molecule has 1 aliphatic rings. The molecule has 6 nitrogen and oxygen atoms in total. The molecular weight excluding hydrogens is 433 g/mol. The summed E-state index contributed by atoms with van der Waals surface area (Å²) in [7, 11) is 0. The molecule has 0 unspecified atom stereocenters. The van der Waals surface area contributed by atoms with Crippen molar-refractivity contribution in [2.45, 2.75) is 6.92 Å². The van der Waals surface area contributed by atoms with Crippen LogP contribution in [0.15, 0.2) is 45.3 Å². The van der Waals surface area contributed by atoms with Gasteiger partial charge in [-0.25, -0.2) is 14.0 Å². The number of furan rings is 1. The summed E-state index contributed by atoms with van der Waals surface area (Å²) in [4.78, 5) is 26.0. The monoisotopic (exact) mass is 447 g/mol. The molecule has 1 aliphatic heterocycles. The van der Waals surface area contributed by atoms with Gasteiger partial charge in [0.05, 0.1) is 18.8 Å². The van der Waals surface area contributed by atoms with Gasteiger partial charge in [-0.05, 0) is 53.2 Å². The second-order valence-corrected chi connectivity index (χ2v) is 6.95. The van der Waals surface area contributed by atoms with Crippen molar-refractivity contribution in [1.82, 2.24) is 0 Å². The number of fused-ring (bicyclic) bond motifs is 1. The molecule has 3 aromatic rings. The fourth-order valence-electron chi connectivity index (χ4n) is 3.14. The molecule has 1 aromatic heterocycles. The Labute approximate surface area is 167 Å². The van der Waals surface area contributed by atoms with Crippen LogP contribution in [0.4, 0.5) is 14.9 Å². The second-order valence-electron chi connectivity index (χ2n) is 6.10. The molecule has 0 saturated carbocycles. The van der Waals surface area contributed by atoms with Gasteiger partial charge in [0.1, 0.15) is 29.3 Å². The number of esters is 1. The van der Waals surface area contributed by atoms with Crippen LogP contribution in [0.5, 0.6) is 0 Å². The normalized spacial score (nSPS) is 13.8. The topological polar surface area (TPSA) is 69.0 Å². The van der Waals surface area contributed by atoms with Crippen LogP contribution in [0.25, 0.3) is 22.3 Å². The first-order valence-electron chi connectivity index (χ1n) is 8.63. The van der Waals surface area contributed by atoms with Crippen LogP contribution >= 0.6 is 15.9 Å². The third-order valence-corrected chi connectivity index (χ3v) is 5.03. The molecule has 0 N–H and O–H groups in total. The first kappa shape index (κ1) is 18.5. The Morgan fingerprint density at radius 3 is 2.68 bits per heavy atom. The summed E-state index contributed by atoms with van der Waals surface area (Å²) in [6.07, 6.45) is -0.448. The third-order valence-electron chi connectivity index (χ3n) is 4.40. The largest absolute Gasteiger partial charge is 0.462 e. The quantitative estimate of drug-likeness (QED) is 0.518. The highest BCUT2D eigenvalue weighted by atomic mass is 79.9. The van der Waals surface area contributed by atoms with Crippen LogP contribution < -0.4 is 4.90 Å². The van der Waals surface area contributed by atoms with Crippen molar-refractivity contribution in [3.05, 3.63) is 52.3 Å². The number of nitrogens with zero attached hydrogens (tertiary/aromatic N) is 1. The Morgan fingerprint density at radius 2 is 2.04 bits per heavy atom. The van der Waals surface area contributed by atoms with Crippen LogP contribution in [0.1, 0.15) is 17.3 Å². The molecule has 0 radical (unpaired) electrons. The van der Waals surface area contributed by atoms with E-state index in [0.717, 1.165) is 0 Å². The van der Waals surface area contributed by atoms with Gasteiger partial charge in [0, 0.05) is 21.5 Å². The lowest BCUT2D eigenvalue weighted by molar-refractivity contribution is 0.0528. The highest BCUT2D eigenvalue weighted by molar-refractivity contribution is 9.10. The minimum Gasteiger partial charge on any atom is -0.462 e. The Hall–Kier alpha value is -2.87. The van der Waals surface area contributed by atoms with Crippen molar-refractivity contribution in [2.75, 3.05) is 24.7 Å². The van der Waals surface area contributed by atoms with E-state index in [1.165, 1.54) is 29.2 Å². The number of hydrogen-bond acceptors (Lipinski definition) is 5. The van der Waals surface area contributed by atoms with Crippen molar-refractivity contribution in [1.29, 1.82) is 0 Å². The lowest BCUT2D eigenvalue weighted by atomic mass is 10.1. The lowest BCUT2D eigenvalue weighted by Gasteiger charge is -2.14. The van der Waals surface area contributed by atoms with Crippen LogP contribution in [0.2, 0.25) is 0 Å². The summed E-state index contributed by atoms with van der Waals surface area (Å²) >= 11 is 3.46. The molecule has 2 aromatic carbocycles. The number of hydrogen-bond donors (Lipinski definition) is 0. The van der Waals surface area contributed by atoms with Gasteiger partial charge < -0.3 is 13.9 Å². The maximum atomic E-state index is 13.3. The number of carbonyl (C=O) groups is 2. The van der Waals surface area contributed by atoms with E-state index in [0.29, 0.717) is 39.8 Å². The first-order chi connectivity index (χ1) is 13.5. The van der Waals surface area contributed by atoms with Gasteiger partial charge in [0.2, 0.25) is 0 Å². The Morgan fingerprint density at radius 1 is 1.29 bits per heavy atom. The maximum absolute atomic E-state index is 13.3. The van der Waals surface area contributed by atoms with E-state index >= 15 is 0 Å². The van der Waals surface area contributed by atoms with E-state index in [-0.39, 0.29) is 17.9 Å². The van der Waals surface area contributed by atoms with Crippen LogP contribution in [0.3, 0.4) is 0 Å². The second kappa shape index (κ2) is 7.27. The summed E-state index contributed by atoms with van der Waals surface area (Å²) in [5, 5.41) is 0.529. The predicted octanol–water partition coefficient (Wildman–Crippen LogP) is 5.13. The van der Waals surface area contributed by atoms with Crippen molar-refractivity contribution >= 4 is 44.6 Å². The van der Waals surface area contributed by atoms with Crippen LogP contribution in [0, 0.1) is 5.82 Å². The zero-order chi connectivity index (χ0) is 19.8. The molecule has 0 atom stereocenters. The molecule has 0 bridgehead atoms. The average molecular weight is 448 g/mol. The molecule has 28 heavy (non-hydrogen) atoms. The number of ether oxygens (including phenoxy) is 2. The molecule has 1 fully saturated rings. The zero-order valence-corrected chi connectivity index (χ0v) is 16.4. The fourth-order valence-corrected chi connectivity index (χ4v) is 3.69. The van der Waals surface area contributed by atoms with Crippen LogP contribution in [-0.2, 0) is 9.47 Å². The highest BCUT2D eigenvalue weighted by Gasteiger charge is 2.29. The van der Waals surface area contributed by atoms with E-state index < -0.39 is 17.9 Å². The van der Waals surface area contributed by atoms with Gasteiger partial charge in [-0.1, -0.05) is 0 Å². The number of anilines is 1. The van der Waals surface area contributed by atoms with Crippen molar-refractivity contribution in [3.8, 4) is 11.3 Å². The fraction of sp³-hybridized carbons (Fsp3) is 0.200. The van der Waals surface area contributed by atoms with E-state index in [2.05, 4.69) is 15.9 Å². The number of cyclic esters (lactones) is 1. The molecular formula is C20H15BrFNO5. The standard InChI is InChI=1S/C20H15BrFNO5/c1-2-26-19(24)17-13-9-14(21)15(23-7-8-27-20(23)25)10-16(13)28-18(17)11-3-5-12(22)6-4-11/h3-6,9-10H,2,7-8H2,1H3. The minimum absolute atomic E-state index is 0.202. The lowest BCUT2D eigenvalue weighted by Crippen LogP contribution is -2.23. The maximum Gasteiger partial charge on any atom is 0.414 e. The number of halogens is 2. The third kappa shape index (κ3) is 3.13. The molecule has 8 heteroatoms. The zero-order valence-electron chi connectivity index (χ0n) is 14.8. The van der Waals surface area contributed by atoms with Gasteiger partial charge >= 0.3 is 12.1 Å². The Balaban J connectivity index is 1.92. The number of benzene rings is 2. The number of rotatable bonds is 4. The molecule has 0 spiro atoms. The predicted molar refractivity (Wildman–Crippen MR) is 104 cm³/mol. The van der Waals surface area contributed by atoms with Crippen molar-refractivity contribution in [3.63, 3.8) is 0 Å². The summed E-state index contributed by atoms with van der Waals surface area (Å²) in [6, 6.07) is 9.02. The van der Waals surface area contributed by atoms with Gasteiger partial charge in [-0.2, -0.15) is 0 Å². The molecule has 2 heterocycles. The molecule has 1 amide bonds. The van der Waals surface area contributed by atoms with Gasteiger partial charge in [0.25, 0.3) is 0 Å². The van der Waals surface area contributed by atoms with Crippen molar-refractivity contribution in [2.24, 2.45) is 0 Å². The SMILES string of the molecule is CCOC(=O)c1c(-c2ccc(F)cc2)oc2cc(N3CCOC3=O)c(Br)cc12. The van der Waals surface area contributed by atoms with Gasteiger partial charge in [-0.15, -0.1) is 0 Å². The van der Waals surface area contributed by atoms with Crippen LogP contribution in [-0.4, -0.2) is 31.8 Å². The summed E-state index contributed by atoms with van der Waals surface area (Å²) in [5.74, 6) is -0.655. The molecule has 1 saturated heterocycles. The van der Waals surface area contributed by atoms with E-state index in [4.69, 9.17) is 13.9 Å². The van der Waals surface area contributed by atoms with E-state index in [1.54, 1.807) is 19.1 Å². The summed E-state index contributed by atoms with van der Waals surface area (Å²) < 4.78 is 30.1. The molecule has 4 rings (SSSR count). The Kier molecular flexibility index (Phi) is 4.80. The Bertz CT molecular complexity index is 1080. The van der Waals surface area contributed by atoms with Crippen molar-refractivity contribution < 1.29 is 27.9 Å².